The van der Waals surface area contributed by atoms with E-state index in [1.54, 1.807) is 47.4 Å². The first-order valence-corrected chi connectivity index (χ1v) is 9.72. The number of hydrogen-bond donors (Lipinski definition) is 3. The van der Waals surface area contributed by atoms with Crippen molar-refractivity contribution in [1.82, 2.24) is 4.90 Å². The van der Waals surface area contributed by atoms with Crippen LogP contribution in [0.25, 0.3) is 0 Å². The Hall–Kier alpha value is -3.06. The van der Waals surface area contributed by atoms with Crippen LogP contribution in [0.2, 0.25) is 5.02 Å². The SMILES string of the molecule is CCN(CC)C(=O)c1ccc(NC(=O)CNc2cc(NC(C)=O)ccc2Cl)cc1. The summed E-state index contributed by atoms with van der Waals surface area (Å²) in [6, 6.07) is 11.7. The van der Waals surface area contributed by atoms with Gasteiger partial charge in [0.25, 0.3) is 5.91 Å². The number of hydrogen-bond acceptors (Lipinski definition) is 4. The maximum absolute atomic E-state index is 12.3. The summed E-state index contributed by atoms with van der Waals surface area (Å²) in [5, 5.41) is 8.81. The van der Waals surface area contributed by atoms with Crippen molar-refractivity contribution < 1.29 is 14.4 Å². The van der Waals surface area contributed by atoms with E-state index in [0.717, 1.165) is 0 Å². The van der Waals surface area contributed by atoms with E-state index in [0.29, 0.717) is 40.7 Å². The molecule has 2 rings (SSSR count). The summed E-state index contributed by atoms with van der Waals surface area (Å²) in [7, 11) is 0. The van der Waals surface area contributed by atoms with E-state index in [2.05, 4.69) is 16.0 Å². The van der Waals surface area contributed by atoms with Gasteiger partial charge in [-0.25, -0.2) is 0 Å². The minimum absolute atomic E-state index is 0.0105. The highest BCUT2D eigenvalue weighted by atomic mass is 35.5. The number of nitrogens with zero attached hydrogens (tertiary/aromatic N) is 1. The number of nitrogens with one attached hydrogen (secondary N) is 3. The van der Waals surface area contributed by atoms with Crippen molar-refractivity contribution in [3.8, 4) is 0 Å². The lowest BCUT2D eigenvalue weighted by molar-refractivity contribution is -0.115. The molecule has 0 bridgehead atoms. The maximum atomic E-state index is 12.3. The van der Waals surface area contributed by atoms with Crippen molar-refractivity contribution >= 4 is 46.4 Å². The lowest BCUT2D eigenvalue weighted by atomic mass is 10.1. The Balaban J connectivity index is 1.94. The van der Waals surface area contributed by atoms with Crippen LogP contribution >= 0.6 is 11.6 Å². The van der Waals surface area contributed by atoms with E-state index >= 15 is 0 Å². The van der Waals surface area contributed by atoms with Gasteiger partial charge in [-0.2, -0.15) is 0 Å². The third-order valence-corrected chi connectivity index (χ3v) is 4.52. The van der Waals surface area contributed by atoms with Gasteiger partial charge < -0.3 is 20.9 Å². The van der Waals surface area contributed by atoms with Crippen LogP contribution in [0.15, 0.2) is 42.5 Å². The minimum Gasteiger partial charge on any atom is -0.375 e. The molecule has 0 aliphatic carbocycles. The van der Waals surface area contributed by atoms with Gasteiger partial charge in [0.15, 0.2) is 0 Å². The first-order valence-electron chi connectivity index (χ1n) is 9.34. The van der Waals surface area contributed by atoms with Crippen molar-refractivity contribution in [3.63, 3.8) is 0 Å². The van der Waals surface area contributed by atoms with E-state index in [1.807, 2.05) is 13.8 Å². The molecule has 0 heterocycles. The molecule has 0 fully saturated rings. The van der Waals surface area contributed by atoms with Gasteiger partial charge in [0, 0.05) is 37.0 Å². The highest BCUT2D eigenvalue weighted by Gasteiger charge is 2.12. The Morgan fingerprint density at radius 3 is 2.14 bits per heavy atom. The second kappa shape index (κ2) is 10.5. The largest absolute Gasteiger partial charge is 0.375 e. The van der Waals surface area contributed by atoms with Gasteiger partial charge >= 0.3 is 0 Å². The van der Waals surface area contributed by atoms with Gasteiger partial charge in [-0.05, 0) is 56.3 Å². The Bertz CT molecular complexity index is 880. The molecule has 29 heavy (non-hydrogen) atoms. The monoisotopic (exact) mass is 416 g/mol. The highest BCUT2D eigenvalue weighted by Crippen LogP contribution is 2.25. The van der Waals surface area contributed by atoms with Crippen LogP contribution in [0.4, 0.5) is 17.1 Å². The third kappa shape index (κ3) is 6.50. The summed E-state index contributed by atoms with van der Waals surface area (Å²) in [6.07, 6.45) is 0. The molecule has 0 aromatic heterocycles. The molecule has 154 valence electrons. The number of halogens is 1. The Morgan fingerprint density at radius 1 is 0.931 bits per heavy atom. The zero-order valence-electron chi connectivity index (χ0n) is 16.7. The molecule has 8 heteroatoms. The van der Waals surface area contributed by atoms with Crippen LogP contribution in [0.5, 0.6) is 0 Å². The van der Waals surface area contributed by atoms with Crippen LogP contribution in [0, 0.1) is 0 Å². The van der Waals surface area contributed by atoms with E-state index < -0.39 is 0 Å². The smallest absolute Gasteiger partial charge is 0.253 e. The van der Waals surface area contributed by atoms with Gasteiger partial charge in [0.2, 0.25) is 11.8 Å². The molecular weight excluding hydrogens is 392 g/mol. The fourth-order valence-electron chi connectivity index (χ4n) is 2.71. The average molecular weight is 417 g/mol. The van der Waals surface area contributed by atoms with Gasteiger partial charge in [0.1, 0.15) is 0 Å². The number of benzene rings is 2. The molecule has 0 aliphatic rings. The highest BCUT2D eigenvalue weighted by molar-refractivity contribution is 6.33. The molecule has 0 saturated heterocycles. The van der Waals surface area contributed by atoms with Crippen molar-refractivity contribution in [1.29, 1.82) is 0 Å². The number of anilines is 3. The first kappa shape index (κ1) is 22.2. The van der Waals surface area contributed by atoms with Crippen LogP contribution < -0.4 is 16.0 Å². The molecule has 0 saturated carbocycles. The standard InChI is InChI=1S/C21H25ClN4O3/c1-4-26(5-2)21(29)15-6-8-16(9-7-15)25-20(28)13-23-19-12-17(24-14(3)27)10-11-18(19)22/h6-12,23H,4-5,13H2,1-3H3,(H,24,27)(H,25,28). The molecule has 3 N–H and O–H groups in total. The third-order valence-electron chi connectivity index (χ3n) is 4.19. The lowest BCUT2D eigenvalue weighted by Gasteiger charge is -2.18. The molecular formula is C21H25ClN4O3. The Kier molecular flexibility index (Phi) is 8.03. The number of carbonyl (C=O) groups excluding carboxylic acids is 3. The Labute approximate surface area is 175 Å². The zero-order chi connectivity index (χ0) is 21.4. The van der Waals surface area contributed by atoms with E-state index in [1.165, 1.54) is 6.92 Å². The summed E-state index contributed by atoms with van der Waals surface area (Å²) in [6.45, 7) is 6.55. The van der Waals surface area contributed by atoms with Crippen molar-refractivity contribution in [3.05, 3.63) is 53.1 Å². The zero-order valence-corrected chi connectivity index (χ0v) is 17.5. The molecule has 2 aromatic carbocycles. The van der Waals surface area contributed by atoms with Crippen molar-refractivity contribution in [2.45, 2.75) is 20.8 Å². The predicted molar refractivity (Wildman–Crippen MR) is 117 cm³/mol. The Morgan fingerprint density at radius 2 is 1.55 bits per heavy atom. The van der Waals surface area contributed by atoms with Gasteiger partial charge in [-0.3, -0.25) is 14.4 Å². The molecule has 3 amide bonds. The second-order valence-electron chi connectivity index (χ2n) is 6.33. The van der Waals surface area contributed by atoms with Gasteiger partial charge in [-0.15, -0.1) is 0 Å². The first-order chi connectivity index (χ1) is 13.8. The lowest BCUT2D eigenvalue weighted by Crippen LogP contribution is -2.30. The van der Waals surface area contributed by atoms with E-state index in [4.69, 9.17) is 11.6 Å². The summed E-state index contributed by atoms with van der Waals surface area (Å²) in [4.78, 5) is 37.4. The van der Waals surface area contributed by atoms with Crippen LogP contribution in [-0.2, 0) is 9.59 Å². The van der Waals surface area contributed by atoms with Crippen molar-refractivity contribution in [2.75, 3.05) is 35.6 Å². The summed E-state index contributed by atoms with van der Waals surface area (Å²) < 4.78 is 0. The molecule has 7 nitrogen and oxygen atoms in total. The maximum Gasteiger partial charge on any atom is 0.253 e. The average Bonchev–Trinajstić information content (AvgIpc) is 2.69. The topological polar surface area (TPSA) is 90.5 Å². The van der Waals surface area contributed by atoms with Crippen LogP contribution in [0.3, 0.4) is 0 Å². The van der Waals surface area contributed by atoms with Crippen LogP contribution in [0.1, 0.15) is 31.1 Å². The fraction of sp³-hybridized carbons (Fsp3) is 0.286. The summed E-state index contributed by atoms with van der Waals surface area (Å²) in [5.74, 6) is -0.504. The molecule has 0 radical (unpaired) electrons. The summed E-state index contributed by atoms with van der Waals surface area (Å²) in [5.41, 5.74) is 2.28. The van der Waals surface area contributed by atoms with Crippen LogP contribution in [-0.4, -0.2) is 42.3 Å². The quantitative estimate of drug-likeness (QED) is 0.610. The predicted octanol–water partition coefficient (Wildman–Crippen LogP) is 3.83. The normalized spacial score (nSPS) is 10.2. The molecule has 2 aromatic rings. The second-order valence-corrected chi connectivity index (χ2v) is 6.74. The summed E-state index contributed by atoms with van der Waals surface area (Å²) >= 11 is 6.13. The number of rotatable bonds is 8. The number of amides is 3. The molecule has 0 spiro atoms. The molecule has 0 unspecified atom stereocenters. The molecule has 0 atom stereocenters. The van der Waals surface area contributed by atoms with Gasteiger partial charge in [0.05, 0.1) is 17.3 Å². The van der Waals surface area contributed by atoms with Crippen molar-refractivity contribution in [2.24, 2.45) is 0 Å². The van der Waals surface area contributed by atoms with E-state index in [-0.39, 0.29) is 24.3 Å². The minimum atomic E-state index is -0.270. The fourth-order valence-corrected chi connectivity index (χ4v) is 2.90. The number of carbonyl (C=O) groups is 3. The molecule has 0 aliphatic heterocycles. The van der Waals surface area contributed by atoms with Gasteiger partial charge in [-0.1, -0.05) is 11.6 Å². The van der Waals surface area contributed by atoms with E-state index in [9.17, 15) is 14.4 Å².